The van der Waals surface area contributed by atoms with Gasteiger partial charge in [0.1, 0.15) is 46.7 Å². The molecule has 5 N–H and O–H groups in total. The van der Waals surface area contributed by atoms with E-state index >= 15 is 4.39 Å². The van der Waals surface area contributed by atoms with Gasteiger partial charge in [0, 0.05) is 37.5 Å². The molecular weight excluding hydrogens is 651 g/mol. The second-order valence-electron chi connectivity index (χ2n) is 10.9. The minimum atomic E-state index is -1.62. The van der Waals surface area contributed by atoms with Crippen LogP contribution in [0, 0.1) is 23.4 Å². The molecule has 0 unspecified atom stereocenters. The summed E-state index contributed by atoms with van der Waals surface area (Å²) in [4.78, 5) is 67.6. The van der Waals surface area contributed by atoms with Crippen molar-refractivity contribution in [3.63, 3.8) is 0 Å². The summed E-state index contributed by atoms with van der Waals surface area (Å²) in [6.45, 7) is -0.549. The van der Waals surface area contributed by atoms with Gasteiger partial charge in [-0.05, 0) is 24.6 Å². The number of carboxylic acids is 2. The lowest BCUT2D eigenvalue weighted by atomic mass is 9.94. The van der Waals surface area contributed by atoms with E-state index in [1.165, 1.54) is 4.57 Å². The van der Waals surface area contributed by atoms with Crippen LogP contribution in [0.2, 0.25) is 0 Å². The number of nitrogens with zero attached hydrogens (tertiary/aromatic N) is 3. The number of thioether (sulfide) groups is 1. The van der Waals surface area contributed by atoms with Gasteiger partial charge in [-0.1, -0.05) is 11.8 Å². The Hall–Kier alpha value is -4.94. The number of amides is 2. The number of aliphatic hydroxyl groups is 1. The number of halogens is 3. The van der Waals surface area contributed by atoms with Crippen LogP contribution in [0.5, 0.6) is 0 Å². The Morgan fingerprint density at radius 1 is 1.09 bits per heavy atom. The molecule has 3 aliphatic heterocycles. The minimum Gasteiger partial charge on any atom is -0.477 e. The first-order chi connectivity index (χ1) is 22.4. The number of aliphatic hydroxyl groups excluding tert-OH is 1. The minimum absolute atomic E-state index is 0.0937. The molecular formula is C29H24F3N5O9S. The Labute approximate surface area is 265 Å². The fourth-order valence-electron chi connectivity index (χ4n) is 5.91. The van der Waals surface area contributed by atoms with Crippen molar-refractivity contribution >= 4 is 46.7 Å². The molecule has 3 aromatic rings. The van der Waals surface area contributed by atoms with E-state index in [-0.39, 0.29) is 42.4 Å². The fourth-order valence-corrected chi connectivity index (χ4v) is 7.36. The summed E-state index contributed by atoms with van der Waals surface area (Å²) in [7, 11) is 0. The monoisotopic (exact) mass is 675 g/mol. The van der Waals surface area contributed by atoms with Gasteiger partial charge in [0.2, 0.25) is 11.3 Å². The molecule has 5 heterocycles. The summed E-state index contributed by atoms with van der Waals surface area (Å²) in [5, 5.41) is 33.2. The van der Waals surface area contributed by atoms with E-state index in [9.17, 15) is 48.1 Å². The average Bonchev–Trinajstić information content (AvgIpc) is 3.62. The van der Waals surface area contributed by atoms with Crippen LogP contribution in [0.25, 0.3) is 22.3 Å². The van der Waals surface area contributed by atoms with E-state index in [0.29, 0.717) is 6.07 Å². The number of nitrogens with one attached hydrogen (secondary N) is 2. The molecule has 3 aliphatic rings. The van der Waals surface area contributed by atoms with Crippen molar-refractivity contribution in [1.29, 1.82) is 0 Å². The maximum atomic E-state index is 15.2. The van der Waals surface area contributed by atoms with Crippen LogP contribution >= 0.6 is 11.8 Å². The summed E-state index contributed by atoms with van der Waals surface area (Å²) in [6, 6.07) is 1.42. The van der Waals surface area contributed by atoms with Crippen LogP contribution in [-0.4, -0.2) is 91.4 Å². The van der Waals surface area contributed by atoms with E-state index < -0.39 is 99.0 Å². The molecule has 1 aromatic carbocycles. The fraction of sp³-hybridized carbons (Fsp3) is 0.310. The van der Waals surface area contributed by atoms with Crippen LogP contribution < -0.4 is 16.1 Å². The van der Waals surface area contributed by atoms with Crippen molar-refractivity contribution < 1.29 is 52.4 Å². The molecule has 2 saturated heterocycles. The second kappa shape index (κ2) is 12.3. The first-order valence-corrected chi connectivity index (χ1v) is 14.9. The van der Waals surface area contributed by atoms with Gasteiger partial charge in [-0.25, -0.2) is 32.5 Å². The number of fused-ring (bicyclic) bond motifs is 2. The molecule has 2 amide bonds. The van der Waals surface area contributed by atoms with Crippen molar-refractivity contribution in [3.05, 3.63) is 74.3 Å². The quantitative estimate of drug-likeness (QED) is 0.206. The van der Waals surface area contributed by atoms with Gasteiger partial charge in [0.05, 0.1) is 33.7 Å². The zero-order chi connectivity index (χ0) is 33.7. The maximum absolute atomic E-state index is 15.2. The van der Waals surface area contributed by atoms with Crippen LogP contribution in [0.3, 0.4) is 0 Å². The molecule has 0 spiro atoms. The number of carbonyl (C=O) groups is 4. The number of aromatic carboxylic acids is 1. The molecule has 246 valence electrons. The second-order valence-corrected chi connectivity index (χ2v) is 12.1. The van der Waals surface area contributed by atoms with Crippen LogP contribution in [-0.2, 0) is 14.3 Å². The first kappa shape index (κ1) is 32.0. The number of alkyl carbamates (subject to hydrolysis) is 1. The zero-order valence-corrected chi connectivity index (χ0v) is 24.7. The Morgan fingerprint density at radius 3 is 2.53 bits per heavy atom. The number of carbonyl (C=O) groups excluding carboxylic acids is 2. The van der Waals surface area contributed by atoms with Crippen molar-refractivity contribution in [3.8, 4) is 11.3 Å². The molecule has 0 aliphatic carbocycles. The number of aromatic nitrogens is 2. The maximum Gasteiger partial charge on any atom is 0.407 e. The molecule has 18 heteroatoms. The van der Waals surface area contributed by atoms with Gasteiger partial charge in [-0.2, -0.15) is 0 Å². The Kier molecular flexibility index (Phi) is 8.41. The molecule has 2 aromatic heterocycles. The number of rotatable bonds is 9. The highest BCUT2D eigenvalue weighted by molar-refractivity contribution is 8.04. The van der Waals surface area contributed by atoms with Gasteiger partial charge in [0.25, 0.3) is 0 Å². The highest BCUT2D eigenvalue weighted by atomic mass is 32.2. The third kappa shape index (κ3) is 5.57. The molecule has 14 nitrogen and oxygen atoms in total. The number of ether oxygens (including phenoxy) is 1. The van der Waals surface area contributed by atoms with Gasteiger partial charge < -0.3 is 35.3 Å². The molecule has 0 bridgehead atoms. The predicted octanol–water partition coefficient (Wildman–Crippen LogP) is 1.63. The molecule has 0 saturated carbocycles. The smallest absolute Gasteiger partial charge is 0.407 e. The number of hydrogen-bond acceptors (Lipinski definition) is 10. The SMILES string of the molecule is O=C(N[C@@H]1CNC[C@@H]1n1cc(C(=O)O)c(=O)c2cc(F)c(-c3ccc(F)cc3F)nc21)OCC1=C(C(=O)O)N2C(=O)[C@H](CCO)[C@H]2S1. The molecule has 0 radical (unpaired) electrons. The van der Waals surface area contributed by atoms with Crippen molar-refractivity contribution in [1.82, 2.24) is 25.1 Å². The van der Waals surface area contributed by atoms with Crippen molar-refractivity contribution in [2.75, 3.05) is 26.3 Å². The summed E-state index contributed by atoms with van der Waals surface area (Å²) in [6.07, 6.45) is 0.130. The standard InChI is InChI=1S/C29H24F3N5O9S/c30-11-1-2-12(16(31)5-11)21-17(32)6-14-23(39)15(27(41)42)9-36(24(14)35-21)19-8-33-7-18(19)34-29(45)46-10-20-22(28(43)44)37-25(40)13(3-4-38)26(37)47-20/h1-2,5-6,9,13,18-19,26,33,38H,3-4,7-8,10H2,(H,34,45)(H,41,42)(H,43,44)/t13-,18+,19-,26+/m0/s1. The molecule has 2 fully saturated rings. The van der Waals surface area contributed by atoms with Crippen molar-refractivity contribution in [2.45, 2.75) is 23.9 Å². The highest BCUT2D eigenvalue weighted by Crippen LogP contribution is 2.50. The molecule has 47 heavy (non-hydrogen) atoms. The summed E-state index contributed by atoms with van der Waals surface area (Å²) in [5.74, 6) is -7.25. The van der Waals surface area contributed by atoms with Gasteiger partial charge in [-0.3, -0.25) is 14.5 Å². The third-order valence-corrected chi connectivity index (χ3v) is 9.49. The lowest BCUT2D eigenvalue weighted by molar-refractivity contribution is -0.152. The highest BCUT2D eigenvalue weighted by Gasteiger charge is 2.55. The van der Waals surface area contributed by atoms with Gasteiger partial charge in [0.15, 0.2) is 0 Å². The Bertz CT molecular complexity index is 1950. The van der Waals surface area contributed by atoms with Crippen LogP contribution in [0.1, 0.15) is 22.8 Å². The van der Waals surface area contributed by atoms with E-state index in [2.05, 4.69) is 15.6 Å². The number of β-lactam (4-membered cyclic amide) rings is 1. The van der Waals surface area contributed by atoms with Gasteiger partial charge >= 0.3 is 18.0 Å². The summed E-state index contributed by atoms with van der Waals surface area (Å²) < 4.78 is 49.9. The normalized spacial score (nSPS) is 22.0. The largest absolute Gasteiger partial charge is 0.477 e. The first-order valence-electron chi connectivity index (χ1n) is 14.1. The average molecular weight is 676 g/mol. The van der Waals surface area contributed by atoms with Crippen LogP contribution in [0.4, 0.5) is 18.0 Å². The predicted molar refractivity (Wildman–Crippen MR) is 157 cm³/mol. The number of pyridine rings is 2. The number of benzene rings is 1. The zero-order valence-electron chi connectivity index (χ0n) is 23.9. The van der Waals surface area contributed by atoms with E-state index in [1.807, 2.05) is 0 Å². The van der Waals surface area contributed by atoms with E-state index in [1.54, 1.807) is 0 Å². The van der Waals surface area contributed by atoms with Crippen LogP contribution in [0.15, 0.2) is 45.9 Å². The van der Waals surface area contributed by atoms with Crippen molar-refractivity contribution in [2.24, 2.45) is 5.92 Å². The molecule has 4 atom stereocenters. The summed E-state index contributed by atoms with van der Waals surface area (Å²) in [5.41, 5.74) is -3.32. The third-order valence-electron chi connectivity index (χ3n) is 8.12. The topological polar surface area (TPSA) is 200 Å². The lowest BCUT2D eigenvalue weighted by Gasteiger charge is -2.42. The Morgan fingerprint density at radius 2 is 1.85 bits per heavy atom. The summed E-state index contributed by atoms with van der Waals surface area (Å²) >= 11 is 1.04. The number of carboxylic acid groups (broad SMARTS) is 2. The number of aliphatic carboxylic acids is 1. The van der Waals surface area contributed by atoms with Gasteiger partial charge in [-0.15, -0.1) is 0 Å². The molecule has 6 rings (SSSR count). The van der Waals surface area contributed by atoms with E-state index in [0.717, 1.165) is 41.1 Å². The number of hydrogen-bond donors (Lipinski definition) is 5. The lowest BCUT2D eigenvalue weighted by Crippen LogP contribution is -2.57. The Balaban J connectivity index is 1.28. The van der Waals surface area contributed by atoms with E-state index in [4.69, 9.17) is 4.74 Å².